The zero-order valence-electron chi connectivity index (χ0n) is 16.7. The van der Waals surface area contributed by atoms with Gasteiger partial charge in [0.15, 0.2) is 0 Å². The third kappa shape index (κ3) is 4.58. The summed E-state index contributed by atoms with van der Waals surface area (Å²) in [6, 6.07) is 10.5. The van der Waals surface area contributed by atoms with Crippen LogP contribution in [0.5, 0.6) is 0 Å². The molecule has 2 heterocycles. The number of nitro groups is 1. The van der Waals surface area contributed by atoms with Gasteiger partial charge in [0.05, 0.1) is 4.92 Å². The molecular weight excluding hydrogens is 368 g/mol. The molecule has 2 fully saturated rings. The van der Waals surface area contributed by atoms with Crippen molar-refractivity contribution < 1.29 is 4.92 Å². The van der Waals surface area contributed by atoms with Gasteiger partial charge >= 0.3 is 5.69 Å². The van der Waals surface area contributed by atoms with Crippen LogP contribution in [0.2, 0.25) is 0 Å². The lowest BCUT2D eigenvalue weighted by atomic mass is 10.1. The van der Waals surface area contributed by atoms with Crippen molar-refractivity contribution in [2.75, 3.05) is 41.3 Å². The lowest BCUT2D eigenvalue weighted by molar-refractivity contribution is -0.383. The number of hydrogen-bond donors (Lipinski definition) is 1. The molecule has 1 aliphatic carbocycles. The van der Waals surface area contributed by atoms with Gasteiger partial charge in [-0.1, -0.05) is 43.9 Å². The number of rotatable bonds is 5. The smallest absolute Gasteiger partial charge is 0.353 e. The van der Waals surface area contributed by atoms with Gasteiger partial charge in [-0.15, -0.1) is 0 Å². The summed E-state index contributed by atoms with van der Waals surface area (Å²) in [7, 11) is 0. The lowest BCUT2D eigenvalue weighted by Gasteiger charge is -2.36. The van der Waals surface area contributed by atoms with Crippen molar-refractivity contribution in [1.82, 2.24) is 9.97 Å². The molecule has 29 heavy (non-hydrogen) atoms. The summed E-state index contributed by atoms with van der Waals surface area (Å²) in [6.45, 7) is 2.98. The maximum atomic E-state index is 11.9. The van der Waals surface area contributed by atoms with Crippen LogP contribution in [0.4, 0.5) is 23.0 Å². The van der Waals surface area contributed by atoms with Gasteiger partial charge < -0.3 is 15.1 Å². The Bertz CT molecular complexity index is 815. The zero-order valence-corrected chi connectivity index (χ0v) is 16.7. The molecule has 4 rings (SSSR count). The molecule has 1 aliphatic heterocycles. The van der Waals surface area contributed by atoms with Crippen molar-refractivity contribution in [3.05, 3.63) is 46.8 Å². The highest BCUT2D eigenvalue weighted by molar-refractivity contribution is 5.71. The summed E-state index contributed by atoms with van der Waals surface area (Å²) < 4.78 is 0. The molecule has 0 bridgehead atoms. The van der Waals surface area contributed by atoms with Crippen LogP contribution in [0.3, 0.4) is 0 Å². The highest BCUT2D eigenvalue weighted by Gasteiger charge is 2.30. The third-order valence-electron chi connectivity index (χ3n) is 5.88. The molecule has 0 atom stereocenters. The van der Waals surface area contributed by atoms with Crippen LogP contribution < -0.4 is 15.1 Å². The summed E-state index contributed by atoms with van der Waals surface area (Å²) >= 11 is 0. The normalized spacial score (nSPS) is 18.3. The Labute approximate surface area is 171 Å². The highest BCUT2D eigenvalue weighted by Crippen LogP contribution is 2.34. The Balaban J connectivity index is 1.51. The van der Waals surface area contributed by atoms with Crippen molar-refractivity contribution in [3.8, 4) is 0 Å². The maximum Gasteiger partial charge on any atom is 0.353 e. The molecule has 2 aromatic rings. The Morgan fingerprint density at radius 1 is 0.931 bits per heavy atom. The maximum absolute atomic E-state index is 11.9. The minimum atomic E-state index is -0.335. The zero-order chi connectivity index (χ0) is 20.1. The number of benzene rings is 1. The Hall–Kier alpha value is -2.90. The minimum Gasteiger partial charge on any atom is -0.368 e. The van der Waals surface area contributed by atoms with Crippen molar-refractivity contribution >= 4 is 23.0 Å². The fourth-order valence-electron chi connectivity index (χ4n) is 4.31. The SMILES string of the molecule is O=[N+]([O-])c1c(NC2CCCCCC2)ncnc1N1CCN(c2ccccc2)CC1. The summed E-state index contributed by atoms with van der Waals surface area (Å²) in [5.41, 5.74) is 1.19. The van der Waals surface area contributed by atoms with Gasteiger partial charge in [-0.05, 0) is 25.0 Å². The average molecular weight is 396 g/mol. The topological polar surface area (TPSA) is 87.4 Å². The molecule has 0 unspecified atom stereocenters. The molecule has 154 valence electrons. The highest BCUT2D eigenvalue weighted by atomic mass is 16.6. The van der Waals surface area contributed by atoms with Crippen molar-refractivity contribution in [1.29, 1.82) is 0 Å². The van der Waals surface area contributed by atoms with Crippen molar-refractivity contribution in [2.24, 2.45) is 0 Å². The van der Waals surface area contributed by atoms with Crippen molar-refractivity contribution in [3.63, 3.8) is 0 Å². The Morgan fingerprint density at radius 2 is 1.59 bits per heavy atom. The van der Waals surface area contributed by atoms with Crippen LogP contribution in [0.1, 0.15) is 38.5 Å². The second kappa shape index (κ2) is 9.07. The van der Waals surface area contributed by atoms with Crippen LogP contribution in [-0.4, -0.2) is 47.1 Å². The van der Waals surface area contributed by atoms with Crippen LogP contribution in [0.15, 0.2) is 36.7 Å². The molecule has 1 saturated carbocycles. The number of aromatic nitrogens is 2. The molecule has 1 saturated heterocycles. The number of nitrogens with zero attached hydrogens (tertiary/aromatic N) is 5. The number of para-hydroxylation sites is 1. The van der Waals surface area contributed by atoms with Gasteiger partial charge in [-0.2, -0.15) is 0 Å². The summed E-state index contributed by atoms with van der Waals surface area (Å²) in [5, 5.41) is 15.3. The van der Waals surface area contributed by atoms with E-state index in [-0.39, 0.29) is 16.7 Å². The molecule has 1 aromatic heterocycles. The molecule has 1 N–H and O–H groups in total. The predicted molar refractivity (Wildman–Crippen MR) is 115 cm³/mol. The molecule has 0 amide bonds. The van der Waals surface area contributed by atoms with Crippen LogP contribution in [0, 0.1) is 10.1 Å². The van der Waals surface area contributed by atoms with E-state index in [9.17, 15) is 10.1 Å². The van der Waals surface area contributed by atoms with E-state index in [1.54, 1.807) is 0 Å². The fourth-order valence-corrected chi connectivity index (χ4v) is 4.31. The van der Waals surface area contributed by atoms with Crippen LogP contribution in [0.25, 0.3) is 0 Å². The molecule has 0 radical (unpaired) electrons. The van der Waals surface area contributed by atoms with E-state index in [0.717, 1.165) is 38.8 Å². The van der Waals surface area contributed by atoms with Crippen molar-refractivity contribution in [2.45, 2.75) is 44.6 Å². The quantitative estimate of drug-likeness (QED) is 0.467. The molecule has 0 spiro atoms. The molecular formula is C21H28N6O2. The molecule has 2 aliphatic rings. The number of hydrogen-bond acceptors (Lipinski definition) is 7. The van der Waals surface area contributed by atoms with Gasteiger partial charge in [0.2, 0.25) is 11.6 Å². The summed E-state index contributed by atoms with van der Waals surface area (Å²) in [6.07, 6.45) is 8.31. The van der Waals surface area contributed by atoms with E-state index < -0.39 is 0 Å². The van der Waals surface area contributed by atoms with Gasteiger partial charge in [0, 0.05) is 37.9 Å². The average Bonchev–Trinajstić information content (AvgIpc) is 3.03. The van der Waals surface area contributed by atoms with Crippen LogP contribution in [-0.2, 0) is 0 Å². The second-order valence-corrected chi connectivity index (χ2v) is 7.79. The van der Waals surface area contributed by atoms with E-state index in [4.69, 9.17) is 0 Å². The number of nitrogens with one attached hydrogen (secondary N) is 1. The molecule has 8 nitrogen and oxygen atoms in total. The van der Waals surface area contributed by atoms with Gasteiger partial charge in [-0.25, -0.2) is 9.97 Å². The monoisotopic (exact) mass is 396 g/mol. The predicted octanol–water partition coefficient (Wildman–Crippen LogP) is 3.85. The lowest BCUT2D eigenvalue weighted by Crippen LogP contribution is -2.47. The molecule has 1 aromatic carbocycles. The molecule has 8 heteroatoms. The third-order valence-corrected chi connectivity index (χ3v) is 5.88. The van der Waals surface area contributed by atoms with E-state index >= 15 is 0 Å². The largest absolute Gasteiger partial charge is 0.368 e. The minimum absolute atomic E-state index is 0.00454. The van der Waals surface area contributed by atoms with Gasteiger partial charge in [0.1, 0.15) is 6.33 Å². The second-order valence-electron chi connectivity index (χ2n) is 7.79. The first-order chi connectivity index (χ1) is 14.2. The van der Waals surface area contributed by atoms with E-state index in [0.29, 0.717) is 24.7 Å². The van der Waals surface area contributed by atoms with Crippen LogP contribution >= 0.6 is 0 Å². The first-order valence-corrected chi connectivity index (χ1v) is 10.5. The van der Waals surface area contributed by atoms with Gasteiger partial charge in [-0.3, -0.25) is 10.1 Å². The standard InChI is InChI=1S/C21H28N6O2/c28-27(29)19-20(24-17-8-4-1-2-5-9-17)22-16-23-21(19)26-14-12-25(13-15-26)18-10-6-3-7-11-18/h3,6-7,10-11,16-17H,1-2,4-5,8-9,12-15H2,(H,22,23,24). The summed E-state index contributed by atoms with van der Waals surface area (Å²) in [5.74, 6) is 0.784. The first kappa shape index (κ1) is 19.4. The number of anilines is 3. The number of piperazine rings is 1. The summed E-state index contributed by atoms with van der Waals surface area (Å²) in [4.78, 5) is 24.5. The van der Waals surface area contributed by atoms with Gasteiger partial charge in [0.25, 0.3) is 0 Å². The fraction of sp³-hybridized carbons (Fsp3) is 0.524. The van der Waals surface area contributed by atoms with E-state index in [1.807, 2.05) is 23.1 Å². The first-order valence-electron chi connectivity index (χ1n) is 10.5. The van der Waals surface area contributed by atoms with E-state index in [1.165, 1.54) is 24.9 Å². The Kier molecular flexibility index (Phi) is 6.07. The Morgan fingerprint density at radius 3 is 2.24 bits per heavy atom. The van der Waals surface area contributed by atoms with E-state index in [2.05, 4.69) is 32.3 Å².